The number of carbonyl (C=O) groups is 1. The highest BCUT2D eigenvalue weighted by molar-refractivity contribution is 5.85. The fraction of sp³-hybridized carbons (Fsp3) is 0.947. The van der Waals surface area contributed by atoms with Crippen LogP contribution in [-0.2, 0) is 9.53 Å². The van der Waals surface area contributed by atoms with Gasteiger partial charge in [0.05, 0.1) is 6.04 Å². The molecular formula is C19H35ClN2O2. The van der Waals surface area contributed by atoms with Crippen molar-refractivity contribution < 1.29 is 9.53 Å². The number of hydrogen-bond acceptors (Lipinski definition) is 3. The molecule has 0 aromatic rings. The lowest BCUT2D eigenvalue weighted by Crippen LogP contribution is -2.46. The van der Waals surface area contributed by atoms with Crippen LogP contribution in [0.5, 0.6) is 0 Å². The smallest absolute Gasteiger partial charge is 0.237 e. The molecule has 3 unspecified atom stereocenters. The topological polar surface area (TPSA) is 50.4 Å². The molecule has 3 rings (SSSR count). The third kappa shape index (κ3) is 4.86. The Bertz CT molecular complexity index is 385. The van der Waals surface area contributed by atoms with Gasteiger partial charge in [0.1, 0.15) is 0 Å². The van der Waals surface area contributed by atoms with E-state index in [4.69, 9.17) is 4.74 Å². The van der Waals surface area contributed by atoms with E-state index in [2.05, 4.69) is 10.6 Å². The maximum absolute atomic E-state index is 12.6. The number of ether oxygens (including phenoxy) is 1. The van der Waals surface area contributed by atoms with E-state index in [0.717, 1.165) is 38.5 Å². The molecule has 1 aliphatic heterocycles. The van der Waals surface area contributed by atoms with E-state index in [1.807, 2.05) is 6.92 Å². The van der Waals surface area contributed by atoms with Crippen molar-refractivity contribution in [2.24, 2.45) is 11.3 Å². The van der Waals surface area contributed by atoms with Crippen molar-refractivity contribution in [2.75, 3.05) is 19.8 Å². The summed E-state index contributed by atoms with van der Waals surface area (Å²) < 4.78 is 5.57. The van der Waals surface area contributed by atoms with Crippen molar-refractivity contribution in [2.45, 2.75) is 83.2 Å². The number of nitrogens with one attached hydrogen (secondary N) is 2. The molecule has 24 heavy (non-hydrogen) atoms. The van der Waals surface area contributed by atoms with Crippen molar-refractivity contribution in [1.82, 2.24) is 10.6 Å². The van der Waals surface area contributed by atoms with Gasteiger partial charge in [0.25, 0.3) is 0 Å². The SMILES string of the molecule is CCOCCC1(CNC(=O)C2CC3CCCCC3N2)CCCC1.Cl. The summed E-state index contributed by atoms with van der Waals surface area (Å²) in [6.45, 7) is 4.51. The van der Waals surface area contributed by atoms with Gasteiger partial charge in [-0.25, -0.2) is 0 Å². The predicted octanol–water partition coefficient (Wildman–Crippen LogP) is 3.43. The van der Waals surface area contributed by atoms with Crippen LogP contribution in [0, 0.1) is 11.3 Å². The zero-order valence-corrected chi connectivity index (χ0v) is 16.0. The van der Waals surface area contributed by atoms with Gasteiger partial charge in [-0.15, -0.1) is 12.4 Å². The first kappa shape index (κ1) is 20.0. The third-order valence-electron chi connectivity index (χ3n) is 6.46. The fourth-order valence-corrected chi connectivity index (χ4v) is 4.99. The lowest BCUT2D eigenvalue weighted by atomic mass is 9.82. The molecule has 0 radical (unpaired) electrons. The molecule has 1 amide bonds. The lowest BCUT2D eigenvalue weighted by molar-refractivity contribution is -0.123. The van der Waals surface area contributed by atoms with Crippen LogP contribution >= 0.6 is 12.4 Å². The van der Waals surface area contributed by atoms with Crippen LogP contribution in [0.25, 0.3) is 0 Å². The minimum atomic E-state index is 0. The molecule has 1 saturated heterocycles. The largest absolute Gasteiger partial charge is 0.382 e. The Hall–Kier alpha value is -0.320. The van der Waals surface area contributed by atoms with Gasteiger partial charge in [-0.2, -0.15) is 0 Å². The predicted molar refractivity (Wildman–Crippen MR) is 99.6 cm³/mol. The average Bonchev–Trinajstić information content (AvgIpc) is 3.20. The van der Waals surface area contributed by atoms with Gasteiger partial charge in [-0.3, -0.25) is 4.79 Å². The van der Waals surface area contributed by atoms with Crippen molar-refractivity contribution >= 4 is 18.3 Å². The quantitative estimate of drug-likeness (QED) is 0.685. The number of amides is 1. The van der Waals surface area contributed by atoms with Gasteiger partial charge in [0.2, 0.25) is 5.91 Å². The highest BCUT2D eigenvalue weighted by Gasteiger charge is 2.39. The molecule has 3 atom stereocenters. The maximum Gasteiger partial charge on any atom is 0.237 e. The monoisotopic (exact) mass is 358 g/mol. The van der Waals surface area contributed by atoms with E-state index in [9.17, 15) is 4.79 Å². The zero-order chi connectivity index (χ0) is 16.1. The number of hydrogen-bond donors (Lipinski definition) is 2. The fourth-order valence-electron chi connectivity index (χ4n) is 4.99. The average molecular weight is 359 g/mol. The summed E-state index contributed by atoms with van der Waals surface area (Å²) in [5.41, 5.74) is 0.288. The minimum absolute atomic E-state index is 0. The lowest BCUT2D eigenvalue weighted by Gasteiger charge is -2.30. The van der Waals surface area contributed by atoms with Crippen LogP contribution in [0.15, 0.2) is 0 Å². The van der Waals surface area contributed by atoms with Crippen LogP contribution in [0.2, 0.25) is 0 Å². The summed E-state index contributed by atoms with van der Waals surface area (Å²) in [6, 6.07) is 0.645. The number of rotatable bonds is 7. The molecule has 2 aliphatic carbocycles. The Morgan fingerprint density at radius 1 is 1.21 bits per heavy atom. The molecule has 0 aromatic heterocycles. The summed E-state index contributed by atoms with van der Waals surface area (Å²) in [6.07, 6.45) is 12.4. The molecule has 4 nitrogen and oxygen atoms in total. The number of carbonyl (C=O) groups excluding carboxylic acids is 1. The summed E-state index contributed by atoms with van der Waals surface area (Å²) >= 11 is 0. The Labute approximate surface area is 153 Å². The van der Waals surface area contributed by atoms with Gasteiger partial charge in [-0.05, 0) is 56.8 Å². The van der Waals surface area contributed by atoms with Crippen molar-refractivity contribution in [3.8, 4) is 0 Å². The van der Waals surface area contributed by atoms with Gasteiger partial charge in [0.15, 0.2) is 0 Å². The molecular weight excluding hydrogens is 324 g/mol. The van der Waals surface area contributed by atoms with E-state index in [0.29, 0.717) is 6.04 Å². The summed E-state index contributed by atoms with van der Waals surface area (Å²) in [4.78, 5) is 12.6. The molecule has 3 fully saturated rings. The van der Waals surface area contributed by atoms with E-state index in [1.54, 1.807) is 0 Å². The molecule has 140 valence electrons. The summed E-state index contributed by atoms with van der Waals surface area (Å²) in [7, 11) is 0. The zero-order valence-electron chi connectivity index (χ0n) is 15.1. The first-order valence-electron chi connectivity index (χ1n) is 9.84. The molecule has 1 heterocycles. The molecule has 0 aromatic carbocycles. The highest BCUT2D eigenvalue weighted by Crippen LogP contribution is 2.40. The summed E-state index contributed by atoms with van der Waals surface area (Å²) in [5, 5.41) is 6.88. The van der Waals surface area contributed by atoms with Gasteiger partial charge < -0.3 is 15.4 Å². The first-order chi connectivity index (χ1) is 11.2. The van der Waals surface area contributed by atoms with Crippen molar-refractivity contribution in [1.29, 1.82) is 0 Å². The second-order valence-corrected chi connectivity index (χ2v) is 7.98. The molecule has 0 spiro atoms. The molecule has 2 saturated carbocycles. The van der Waals surface area contributed by atoms with E-state index in [-0.39, 0.29) is 29.8 Å². The van der Waals surface area contributed by atoms with Gasteiger partial charge in [0, 0.05) is 25.8 Å². The van der Waals surface area contributed by atoms with Crippen LogP contribution in [0.1, 0.15) is 71.1 Å². The van der Waals surface area contributed by atoms with E-state index >= 15 is 0 Å². The Balaban J connectivity index is 0.00000208. The van der Waals surface area contributed by atoms with Crippen LogP contribution in [-0.4, -0.2) is 37.7 Å². The molecule has 2 N–H and O–H groups in total. The Morgan fingerprint density at radius 2 is 1.96 bits per heavy atom. The van der Waals surface area contributed by atoms with Gasteiger partial charge in [-0.1, -0.05) is 25.7 Å². The molecule has 0 bridgehead atoms. The van der Waals surface area contributed by atoms with Crippen LogP contribution in [0.3, 0.4) is 0 Å². The van der Waals surface area contributed by atoms with Crippen molar-refractivity contribution in [3.05, 3.63) is 0 Å². The standard InChI is InChI=1S/C19H34N2O2.ClH/c1-2-23-12-11-19(9-5-6-10-19)14-20-18(22)17-13-15-7-3-4-8-16(15)21-17;/h15-17,21H,2-14H2,1H3,(H,20,22);1H. The summed E-state index contributed by atoms with van der Waals surface area (Å²) in [5.74, 6) is 0.972. The first-order valence-corrected chi connectivity index (χ1v) is 9.84. The second-order valence-electron chi connectivity index (χ2n) is 7.98. The minimum Gasteiger partial charge on any atom is -0.382 e. The Morgan fingerprint density at radius 3 is 2.67 bits per heavy atom. The molecule has 5 heteroatoms. The second kappa shape index (κ2) is 9.40. The normalized spacial score (nSPS) is 31.3. The highest BCUT2D eigenvalue weighted by atomic mass is 35.5. The van der Waals surface area contributed by atoms with Crippen LogP contribution < -0.4 is 10.6 Å². The Kier molecular flexibility index (Phi) is 7.83. The number of halogens is 1. The molecule has 3 aliphatic rings. The van der Waals surface area contributed by atoms with Gasteiger partial charge >= 0.3 is 0 Å². The van der Waals surface area contributed by atoms with E-state index < -0.39 is 0 Å². The van der Waals surface area contributed by atoms with Crippen molar-refractivity contribution in [3.63, 3.8) is 0 Å². The maximum atomic E-state index is 12.6. The van der Waals surface area contributed by atoms with Crippen LogP contribution in [0.4, 0.5) is 0 Å². The number of fused-ring (bicyclic) bond motifs is 1. The third-order valence-corrected chi connectivity index (χ3v) is 6.46. The van der Waals surface area contributed by atoms with E-state index in [1.165, 1.54) is 51.4 Å².